The van der Waals surface area contributed by atoms with E-state index in [0.29, 0.717) is 10.4 Å². The zero-order valence-electron chi connectivity index (χ0n) is 13.7. The number of hydrogen-bond acceptors (Lipinski definition) is 5. The number of nitrogens with zero attached hydrogens (tertiary/aromatic N) is 3. The molecule has 1 aromatic carbocycles. The average molecular weight is 415 g/mol. The van der Waals surface area contributed by atoms with Gasteiger partial charge >= 0.3 is 155 Å². The first-order chi connectivity index (χ1) is 12.0. The fourth-order valence-corrected chi connectivity index (χ4v) is 6.76. The second-order valence-electron chi connectivity index (χ2n) is 5.78. The van der Waals surface area contributed by atoms with E-state index in [2.05, 4.69) is 23.8 Å². The van der Waals surface area contributed by atoms with Crippen LogP contribution in [0.2, 0.25) is 4.71 Å². The van der Waals surface area contributed by atoms with Gasteiger partial charge in [-0.25, -0.2) is 0 Å². The number of fused-ring (bicyclic) bond motifs is 1. The van der Waals surface area contributed by atoms with Crippen molar-refractivity contribution in [3.8, 4) is 6.07 Å². The Morgan fingerprint density at radius 3 is 2.68 bits per heavy atom. The molecule has 2 unspecified atom stereocenters. The third kappa shape index (κ3) is 3.78. The third-order valence-corrected chi connectivity index (χ3v) is 7.51. The molecule has 0 aliphatic carbocycles. The van der Waals surface area contributed by atoms with Crippen LogP contribution in [0.5, 0.6) is 0 Å². The Labute approximate surface area is 155 Å². The first-order valence-corrected chi connectivity index (χ1v) is 10.8. The molecule has 0 spiro atoms. The molecule has 3 rings (SSSR count). The molecule has 25 heavy (non-hydrogen) atoms. The molecule has 0 amide bonds. The number of carbonyl (C=O) groups is 1. The number of ketones is 1. The van der Waals surface area contributed by atoms with Crippen molar-refractivity contribution in [3.05, 3.63) is 53.5 Å². The van der Waals surface area contributed by atoms with Gasteiger partial charge in [0.1, 0.15) is 0 Å². The van der Waals surface area contributed by atoms with E-state index in [-0.39, 0.29) is 21.3 Å². The summed E-state index contributed by atoms with van der Waals surface area (Å²) in [6.45, 7) is 4.34. The molecule has 0 bridgehead atoms. The number of halogens is 1. The van der Waals surface area contributed by atoms with Crippen molar-refractivity contribution in [2.75, 3.05) is 0 Å². The van der Waals surface area contributed by atoms with Gasteiger partial charge in [-0.15, -0.1) is 0 Å². The predicted molar refractivity (Wildman–Crippen MR) is 98.4 cm³/mol. The average Bonchev–Trinajstić information content (AvgIpc) is 2.96. The maximum atomic E-state index is 13.9. The zero-order valence-corrected chi connectivity index (χ0v) is 16.6. The minimum absolute atomic E-state index is 0.0904. The fourth-order valence-electron chi connectivity index (χ4n) is 2.38. The molecular formula is C18H15AsFN3OS. The quantitative estimate of drug-likeness (QED) is 0.474. The molecule has 126 valence electrons. The predicted octanol–water partition coefficient (Wildman–Crippen LogP) is 3.21. The van der Waals surface area contributed by atoms with Crippen molar-refractivity contribution < 1.29 is 9.18 Å². The van der Waals surface area contributed by atoms with E-state index >= 15 is 0 Å². The van der Waals surface area contributed by atoms with Gasteiger partial charge in [0.25, 0.3) is 0 Å². The van der Waals surface area contributed by atoms with Gasteiger partial charge in [0, 0.05) is 0 Å². The zero-order chi connectivity index (χ0) is 18.0. The summed E-state index contributed by atoms with van der Waals surface area (Å²) in [5, 5.41) is 9.46. The van der Waals surface area contributed by atoms with Crippen molar-refractivity contribution >= 4 is 47.0 Å². The number of carbonyl (C=O) groups excluding carboxylic acids is 1. The number of nitriles is 1. The molecule has 2 heterocycles. The second-order valence-corrected chi connectivity index (χ2v) is 11.5. The molecule has 0 fully saturated rings. The number of pyridine rings is 1. The topological polar surface area (TPSA) is 66.6 Å². The number of rotatable bonds is 5. The summed E-state index contributed by atoms with van der Waals surface area (Å²) < 4.78 is 15.6. The van der Waals surface area contributed by atoms with E-state index in [1.165, 1.54) is 29.5 Å². The summed E-state index contributed by atoms with van der Waals surface area (Å²) in [4.78, 5) is 22.3. The molecule has 0 aliphatic rings. The fraction of sp³-hybridized carbons (Fsp3) is 0.222. The van der Waals surface area contributed by atoms with E-state index < -0.39 is 17.5 Å². The Balaban J connectivity index is 1.97. The van der Waals surface area contributed by atoms with Crippen LogP contribution in [0.1, 0.15) is 35.8 Å². The number of aromatic nitrogens is 2. The van der Waals surface area contributed by atoms with Gasteiger partial charge in [-0.3, -0.25) is 0 Å². The minimum atomic E-state index is -1.13. The van der Waals surface area contributed by atoms with Crippen molar-refractivity contribution in [2.45, 2.75) is 24.5 Å². The monoisotopic (exact) mass is 415 g/mol. The standard InChI is InChI=1S/C18H15AsFN3OS/c1-10(2)19-18-23-15-8-7-14(22-17(15)25-18)12(9-21)16(24)11-5-3-4-6-13(11)20/h3-8,10,12,19H,1-2H3. The Hall–Kier alpha value is -2.09. The Bertz CT molecular complexity index is 980. The Kier molecular flexibility index (Phi) is 5.27. The van der Waals surface area contributed by atoms with E-state index in [1.54, 1.807) is 18.2 Å². The van der Waals surface area contributed by atoms with Crippen LogP contribution in [-0.2, 0) is 0 Å². The Morgan fingerprint density at radius 2 is 2.00 bits per heavy atom. The first-order valence-electron chi connectivity index (χ1n) is 7.72. The van der Waals surface area contributed by atoms with Crippen LogP contribution in [0, 0.1) is 17.1 Å². The maximum absolute atomic E-state index is 13.9. The van der Waals surface area contributed by atoms with E-state index in [9.17, 15) is 14.4 Å². The van der Waals surface area contributed by atoms with Crippen LogP contribution < -0.4 is 3.80 Å². The van der Waals surface area contributed by atoms with E-state index in [1.807, 2.05) is 6.07 Å². The molecule has 3 aromatic rings. The number of thiazole rings is 1. The Morgan fingerprint density at radius 1 is 1.24 bits per heavy atom. The van der Waals surface area contributed by atoms with Crippen LogP contribution in [0.15, 0.2) is 36.4 Å². The molecule has 0 aliphatic heterocycles. The summed E-state index contributed by atoms with van der Waals surface area (Å²) in [7, 11) is 0. The summed E-state index contributed by atoms with van der Waals surface area (Å²) in [6.07, 6.45) is 0. The molecule has 0 saturated heterocycles. The van der Waals surface area contributed by atoms with Gasteiger partial charge in [0.15, 0.2) is 0 Å². The summed E-state index contributed by atoms with van der Waals surface area (Å²) in [5.41, 5.74) is 1.03. The second kappa shape index (κ2) is 7.43. The molecule has 4 nitrogen and oxygen atoms in total. The van der Waals surface area contributed by atoms with E-state index in [0.717, 1.165) is 14.1 Å². The SMILES string of the molecule is CC(C)[AsH]c1nc2ccc(C(C#N)C(=O)c3ccccc3F)nc2s1. The van der Waals surface area contributed by atoms with Crippen LogP contribution >= 0.6 is 11.3 Å². The summed E-state index contributed by atoms with van der Waals surface area (Å²) in [5.74, 6) is -2.34. The van der Waals surface area contributed by atoms with Crippen LogP contribution in [0.3, 0.4) is 0 Å². The van der Waals surface area contributed by atoms with E-state index in [4.69, 9.17) is 0 Å². The normalized spacial score (nSPS) is 12.8. The van der Waals surface area contributed by atoms with Gasteiger partial charge in [0.05, 0.1) is 0 Å². The van der Waals surface area contributed by atoms with Crippen molar-refractivity contribution in [1.82, 2.24) is 9.97 Å². The molecule has 0 saturated carbocycles. The van der Waals surface area contributed by atoms with Crippen LogP contribution in [0.25, 0.3) is 10.3 Å². The van der Waals surface area contributed by atoms with Gasteiger partial charge in [-0.2, -0.15) is 0 Å². The number of benzene rings is 1. The van der Waals surface area contributed by atoms with Gasteiger partial charge in [-0.1, -0.05) is 0 Å². The summed E-state index contributed by atoms with van der Waals surface area (Å²) in [6, 6.07) is 11.1. The van der Waals surface area contributed by atoms with Crippen LogP contribution in [-0.4, -0.2) is 31.5 Å². The molecule has 2 aromatic heterocycles. The third-order valence-electron chi connectivity index (χ3n) is 3.52. The van der Waals surface area contributed by atoms with Crippen molar-refractivity contribution in [1.29, 1.82) is 5.26 Å². The molecule has 0 radical (unpaired) electrons. The van der Waals surface area contributed by atoms with Crippen molar-refractivity contribution in [2.24, 2.45) is 0 Å². The molecular weight excluding hydrogens is 400 g/mol. The molecule has 0 N–H and O–H groups in total. The van der Waals surface area contributed by atoms with Crippen LogP contribution in [0.4, 0.5) is 4.39 Å². The van der Waals surface area contributed by atoms with Gasteiger partial charge in [-0.05, 0) is 0 Å². The number of Topliss-reactive ketones (excluding diaryl/α,β-unsaturated/α-hetero) is 1. The van der Waals surface area contributed by atoms with Gasteiger partial charge in [0.2, 0.25) is 0 Å². The molecule has 7 heteroatoms. The molecule has 2 atom stereocenters. The number of hydrogen-bond donors (Lipinski definition) is 0. The van der Waals surface area contributed by atoms with Crippen molar-refractivity contribution in [3.63, 3.8) is 0 Å². The van der Waals surface area contributed by atoms with Gasteiger partial charge < -0.3 is 0 Å². The first kappa shape index (κ1) is 17.7. The summed E-state index contributed by atoms with van der Waals surface area (Å²) >= 11 is 1.20.